The highest BCUT2D eigenvalue weighted by Crippen LogP contribution is 2.41. The van der Waals surface area contributed by atoms with Gasteiger partial charge in [-0.05, 0) is 41.8 Å². The van der Waals surface area contributed by atoms with Crippen LogP contribution in [-0.4, -0.2) is 30.4 Å². The number of oxazole rings is 1. The summed E-state index contributed by atoms with van der Waals surface area (Å²) in [5.74, 6) is 1.61. The topological polar surface area (TPSA) is 58.6 Å². The Kier molecular flexibility index (Phi) is 10.7. The average molecular weight is 529 g/mol. The molecule has 0 radical (unpaired) electrons. The van der Waals surface area contributed by atoms with Gasteiger partial charge < -0.3 is 13.9 Å². The Bertz CT molecular complexity index is 1070. The summed E-state index contributed by atoms with van der Waals surface area (Å²) in [6.07, 6.45) is 3.98. The minimum atomic E-state index is -0.346. The SMILES string of the molecule is C=[N+]=CC.CC(C)(c1ccc(Oc2ncc(S)o2)cc1)c1cc(Cl)c(OCCCCl)c(Cl)c1. The molecule has 3 aromatic rings. The fourth-order valence-electron chi connectivity index (χ4n) is 2.79. The second-order valence-corrected chi connectivity index (χ2v) is 8.95. The monoisotopic (exact) mass is 527 g/mol. The lowest BCUT2D eigenvalue weighted by Gasteiger charge is -2.27. The Morgan fingerprint density at radius 2 is 1.76 bits per heavy atom. The maximum Gasteiger partial charge on any atom is 0.400 e. The third-order valence-electron chi connectivity index (χ3n) is 4.68. The minimum Gasteiger partial charge on any atom is -0.490 e. The number of hydrogen-bond donors (Lipinski definition) is 1. The normalized spacial score (nSPS) is 10.6. The molecule has 0 fully saturated rings. The van der Waals surface area contributed by atoms with Crippen LogP contribution in [0.4, 0.5) is 0 Å². The van der Waals surface area contributed by atoms with Gasteiger partial charge in [0.1, 0.15) is 5.75 Å². The van der Waals surface area contributed by atoms with Crippen LogP contribution in [0.2, 0.25) is 10.0 Å². The lowest BCUT2D eigenvalue weighted by Crippen LogP contribution is -2.19. The van der Waals surface area contributed by atoms with Crippen LogP contribution >= 0.6 is 47.4 Å². The number of rotatable bonds is 8. The number of ether oxygens (including phenoxy) is 2. The van der Waals surface area contributed by atoms with Crippen LogP contribution < -0.4 is 14.1 Å². The van der Waals surface area contributed by atoms with Crippen molar-refractivity contribution in [1.29, 1.82) is 0 Å². The molecule has 0 spiro atoms. The Hall–Kier alpha value is -2.08. The van der Waals surface area contributed by atoms with E-state index >= 15 is 0 Å². The molecule has 3 rings (SSSR count). The van der Waals surface area contributed by atoms with Gasteiger partial charge in [0.15, 0.2) is 10.8 Å². The Labute approximate surface area is 214 Å². The van der Waals surface area contributed by atoms with Crippen molar-refractivity contribution in [1.82, 2.24) is 9.65 Å². The third kappa shape index (κ3) is 7.73. The fourth-order valence-corrected chi connectivity index (χ4v) is 3.63. The van der Waals surface area contributed by atoms with Crippen LogP contribution in [0, 0.1) is 0 Å². The summed E-state index contributed by atoms with van der Waals surface area (Å²) < 4.78 is 19.8. The summed E-state index contributed by atoms with van der Waals surface area (Å²) in [5, 5.41) is 1.34. The quantitative estimate of drug-likeness (QED) is 0.110. The van der Waals surface area contributed by atoms with E-state index in [9.17, 15) is 0 Å². The fraction of sp³-hybridized carbons (Fsp3) is 0.292. The second-order valence-electron chi connectivity index (χ2n) is 7.32. The van der Waals surface area contributed by atoms with E-state index in [0.29, 0.717) is 39.1 Å². The molecule has 9 heteroatoms. The summed E-state index contributed by atoms with van der Waals surface area (Å²) >= 11 is 22.6. The van der Waals surface area contributed by atoms with Crippen molar-refractivity contribution in [3.8, 4) is 17.6 Å². The van der Waals surface area contributed by atoms with Gasteiger partial charge in [0.05, 0.1) is 22.8 Å². The standard InChI is InChI=1S/C21H20Cl3NO3S.C3H6N/c1-21(2,14-10-16(23)19(17(24)11-14)26-9-3-8-22)13-4-6-15(7-5-13)27-20-25-12-18(29)28-20;1-3-4-2/h4-7,10-12,29H,3,8-9H2,1-2H3;3H,2H2,1H3/q;+1. The zero-order chi connectivity index (χ0) is 24.4. The van der Waals surface area contributed by atoms with Crippen molar-refractivity contribution in [2.45, 2.75) is 37.7 Å². The Morgan fingerprint density at radius 3 is 2.24 bits per heavy atom. The van der Waals surface area contributed by atoms with Crippen molar-refractivity contribution in [2.24, 2.45) is 0 Å². The van der Waals surface area contributed by atoms with Gasteiger partial charge in [-0.1, -0.05) is 49.2 Å². The zero-order valence-corrected chi connectivity index (χ0v) is 21.8. The summed E-state index contributed by atoms with van der Waals surface area (Å²) in [4.78, 5) is 3.97. The van der Waals surface area contributed by atoms with Gasteiger partial charge in [-0.25, -0.2) is 0 Å². The van der Waals surface area contributed by atoms with Crippen LogP contribution in [0.5, 0.6) is 17.6 Å². The number of benzene rings is 2. The van der Waals surface area contributed by atoms with Crippen molar-refractivity contribution in [3.05, 3.63) is 63.8 Å². The first kappa shape index (κ1) is 27.2. The highest BCUT2D eigenvalue weighted by molar-refractivity contribution is 7.80. The number of alkyl halides is 1. The number of nitrogens with zero attached hydrogens (tertiary/aromatic N) is 2. The van der Waals surface area contributed by atoms with E-state index in [2.05, 4.69) is 42.8 Å². The summed E-state index contributed by atoms with van der Waals surface area (Å²) in [5.41, 5.74) is 1.69. The maximum atomic E-state index is 6.44. The van der Waals surface area contributed by atoms with E-state index < -0.39 is 0 Å². The molecule has 1 aromatic heterocycles. The Balaban J connectivity index is 0.000000890. The van der Waals surface area contributed by atoms with Gasteiger partial charge in [-0.15, -0.1) is 28.9 Å². The molecule has 0 bridgehead atoms. The average Bonchev–Trinajstić information content (AvgIpc) is 3.20. The van der Waals surface area contributed by atoms with Gasteiger partial charge >= 0.3 is 6.08 Å². The predicted octanol–water partition coefficient (Wildman–Crippen LogP) is 7.24. The van der Waals surface area contributed by atoms with Gasteiger partial charge in [-0.3, -0.25) is 0 Å². The van der Waals surface area contributed by atoms with E-state index in [0.717, 1.165) is 17.5 Å². The zero-order valence-electron chi connectivity index (χ0n) is 18.6. The molecule has 0 aliphatic rings. The van der Waals surface area contributed by atoms with Crippen molar-refractivity contribution in [2.75, 3.05) is 12.5 Å². The minimum absolute atomic E-state index is 0.144. The van der Waals surface area contributed by atoms with Gasteiger partial charge in [0.25, 0.3) is 12.9 Å². The van der Waals surface area contributed by atoms with Crippen LogP contribution in [0.15, 0.2) is 52.1 Å². The molecule has 5 nitrogen and oxygen atoms in total. The first-order chi connectivity index (χ1) is 15.7. The molecule has 0 aliphatic carbocycles. The second kappa shape index (κ2) is 13.0. The molecule has 0 N–H and O–H groups in total. The van der Waals surface area contributed by atoms with Crippen molar-refractivity contribution < 1.29 is 13.9 Å². The number of hydrogen-bond acceptors (Lipinski definition) is 5. The largest absolute Gasteiger partial charge is 0.490 e. The van der Waals surface area contributed by atoms with Crippen LogP contribution in [0.25, 0.3) is 0 Å². The molecule has 0 unspecified atom stereocenters. The van der Waals surface area contributed by atoms with Gasteiger partial charge in [-0.2, -0.15) is 4.98 Å². The maximum absolute atomic E-state index is 6.44. The summed E-state index contributed by atoms with van der Waals surface area (Å²) in [7, 11) is 0. The molecule has 0 amide bonds. The molecule has 33 heavy (non-hydrogen) atoms. The molecule has 0 saturated heterocycles. The van der Waals surface area contributed by atoms with E-state index in [1.165, 1.54) is 6.20 Å². The molecule has 0 aliphatic heterocycles. The predicted molar refractivity (Wildman–Crippen MR) is 141 cm³/mol. The molecule has 0 saturated carbocycles. The molecular weight excluding hydrogens is 503 g/mol. The van der Waals surface area contributed by atoms with Gasteiger partial charge in [0.2, 0.25) is 0 Å². The van der Waals surface area contributed by atoms with E-state index in [4.69, 9.17) is 48.7 Å². The molecular formula is C24H26Cl3N2O3S+. The molecule has 176 valence electrons. The van der Waals surface area contributed by atoms with Crippen LogP contribution in [-0.2, 0) is 5.41 Å². The summed E-state index contributed by atoms with van der Waals surface area (Å²) in [6.45, 7) is 9.66. The molecule has 0 atom stereocenters. The van der Waals surface area contributed by atoms with E-state index in [-0.39, 0.29) is 11.5 Å². The first-order valence-corrected chi connectivity index (χ1v) is 11.8. The highest BCUT2D eigenvalue weighted by atomic mass is 35.5. The number of halogens is 3. The Morgan fingerprint density at radius 1 is 1.15 bits per heavy atom. The third-order valence-corrected chi connectivity index (χ3v) is 5.72. The lowest BCUT2D eigenvalue weighted by atomic mass is 9.78. The number of aromatic nitrogens is 1. The van der Waals surface area contributed by atoms with E-state index in [1.54, 1.807) is 6.21 Å². The van der Waals surface area contributed by atoms with Gasteiger partial charge in [0, 0.05) is 18.2 Å². The summed E-state index contributed by atoms with van der Waals surface area (Å²) in [6, 6.07) is 11.4. The van der Waals surface area contributed by atoms with Crippen LogP contribution in [0.1, 0.15) is 38.3 Å². The highest BCUT2D eigenvalue weighted by Gasteiger charge is 2.25. The van der Waals surface area contributed by atoms with Crippen molar-refractivity contribution >= 4 is 60.4 Å². The lowest BCUT2D eigenvalue weighted by molar-refractivity contribution is 0.302. The smallest absolute Gasteiger partial charge is 0.400 e. The molecule has 2 aromatic carbocycles. The first-order valence-electron chi connectivity index (χ1n) is 10.1. The number of thiol groups is 1. The van der Waals surface area contributed by atoms with E-state index in [1.807, 2.05) is 43.3 Å². The van der Waals surface area contributed by atoms with Crippen LogP contribution in [0.3, 0.4) is 0 Å². The molecule has 1 heterocycles. The van der Waals surface area contributed by atoms with Crippen molar-refractivity contribution in [3.63, 3.8) is 0 Å².